The van der Waals surface area contributed by atoms with E-state index in [0.29, 0.717) is 6.04 Å². The summed E-state index contributed by atoms with van der Waals surface area (Å²) in [6.45, 7) is 5.05. The normalized spacial score (nSPS) is 12.6. The maximum atomic E-state index is 4.23. The molecular formula is C13H18N4. The van der Waals surface area contributed by atoms with Crippen molar-refractivity contribution >= 4 is 0 Å². The Balaban J connectivity index is 1.97. The van der Waals surface area contributed by atoms with E-state index in [1.54, 1.807) is 6.20 Å². The van der Waals surface area contributed by atoms with Gasteiger partial charge in [-0.2, -0.15) is 5.10 Å². The number of nitrogens with one attached hydrogen (secondary N) is 1. The standard InChI is InChI=1S/C13H18N4/c1-10(12-5-4-6-14-7-12)15-8-13-9-16-17(3)11(13)2/h4-7,9-10,15H,8H2,1-3H3/t10-/m1/s1. The Bertz CT molecular complexity index is 475. The third-order valence-electron chi connectivity index (χ3n) is 3.12. The van der Waals surface area contributed by atoms with Gasteiger partial charge in [0.15, 0.2) is 0 Å². The Kier molecular flexibility index (Phi) is 3.54. The van der Waals surface area contributed by atoms with E-state index >= 15 is 0 Å². The first-order valence-electron chi connectivity index (χ1n) is 5.79. The summed E-state index contributed by atoms with van der Waals surface area (Å²) in [5, 5.41) is 7.71. The van der Waals surface area contributed by atoms with E-state index in [0.717, 1.165) is 6.54 Å². The Morgan fingerprint density at radius 2 is 2.24 bits per heavy atom. The first kappa shape index (κ1) is 11.8. The lowest BCUT2D eigenvalue weighted by Crippen LogP contribution is -2.18. The molecule has 0 saturated heterocycles. The molecule has 0 radical (unpaired) electrons. The van der Waals surface area contributed by atoms with Crippen LogP contribution in [0.25, 0.3) is 0 Å². The van der Waals surface area contributed by atoms with Gasteiger partial charge in [-0.3, -0.25) is 9.67 Å². The molecule has 2 heterocycles. The molecule has 0 aromatic carbocycles. The Morgan fingerprint density at radius 3 is 2.82 bits per heavy atom. The highest BCUT2D eigenvalue weighted by atomic mass is 15.3. The predicted octanol–water partition coefficient (Wildman–Crippen LogP) is 1.97. The predicted molar refractivity (Wildman–Crippen MR) is 67.4 cm³/mol. The largest absolute Gasteiger partial charge is 0.306 e. The van der Waals surface area contributed by atoms with Crippen LogP contribution in [0.15, 0.2) is 30.7 Å². The molecule has 0 aliphatic heterocycles. The summed E-state index contributed by atoms with van der Waals surface area (Å²) in [5.41, 5.74) is 3.65. The molecule has 0 aliphatic rings. The van der Waals surface area contributed by atoms with Crippen molar-refractivity contribution in [1.29, 1.82) is 0 Å². The van der Waals surface area contributed by atoms with Crippen molar-refractivity contribution in [1.82, 2.24) is 20.1 Å². The lowest BCUT2D eigenvalue weighted by atomic mass is 10.1. The summed E-state index contributed by atoms with van der Waals surface area (Å²) < 4.78 is 1.89. The molecule has 4 nitrogen and oxygen atoms in total. The van der Waals surface area contributed by atoms with Crippen molar-refractivity contribution in [3.63, 3.8) is 0 Å². The van der Waals surface area contributed by atoms with Crippen LogP contribution in [-0.4, -0.2) is 14.8 Å². The van der Waals surface area contributed by atoms with Crippen LogP contribution < -0.4 is 5.32 Å². The van der Waals surface area contributed by atoms with Crippen LogP contribution in [0.5, 0.6) is 0 Å². The number of hydrogen-bond acceptors (Lipinski definition) is 3. The molecule has 0 saturated carbocycles. The molecule has 2 aromatic rings. The molecule has 0 bridgehead atoms. The third kappa shape index (κ3) is 2.71. The second kappa shape index (κ2) is 5.10. The van der Waals surface area contributed by atoms with Crippen molar-refractivity contribution < 1.29 is 0 Å². The lowest BCUT2D eigenvalue weighted by Gasteiger charge is -2.13. The van der Waals surface area contributed by atoms with Crippen LogP contribution in [0, 0.1) is 6.92 Å². The number of aryl methyl sites for hydroxylation is 1. The minimum Gasteiger partial charge on any atom is -0.306 e. The summed E-state index contributed by atoms with van der Waals surface area (Å²) in [6.07, 6.45) is 5.60. The zero-order valence-corrected chi connectivity index (χ0v) is 10.5. The Hall–Kier alpha value is -1.68. The Morgan fingerprint density at radius 1 is 1.41 bits per heavy atom. The second-order valence-corrected chi connectivity index (χ2v) is 4.27. The van der Waals surface area contributed by atoms with Crippen LogP contribution in [0.4, 0.5) is 0 Å². The molecule has 1 N–H and O–H groups in total. The molecule has 2 aromatic heterocycles. The fourth-order valence-electron chi connectivity index (χ4n) is 1.73. The lowest BCUT2D eigenvalue weighted by molar-refractivity contribution is 0.571. The fourth-order valence-corrected chi connectivity index (χ4v) is 1.73. The summed E-state index contributed by atoms with van der Waals surface area (Å²) in [5.74, 6) is 0. The van der Waals surface area contributed by atoms with E-state index in [2.05, 4.69) is 35.3 Å². The van der Waals surface area contributed by atoms with Crippen LogP contribution in [0.2, 0.25) is 0 Å². The maximum Gasteiger partial charge on any atom is 0.0537 e. The van der Waals surface area contributed by atoms with Gasteiger partial charge in [-0.15, -0.1) is 0 Å². The molecule has 4 heteroatoms. The van der Waals surface area contributed by atoms with Gasteiger partial charge in [-0.05, 0) is 25.5 Å². The number of rotatable bonds is 4. The molecule has 0 aliphatic carbocycles. The van der Waals surface area contributed by atoms with Gasteiger partial charge in [0.05, 0.1) is 6.20 Å². The van der Waals surface area contributed by atoms with Crippen molar-refractivity contribution in [3.05, 3.63) is 47.5 Å². The van der Waals surface area contributed by atoms with Crippen LogP contribution in [-0.2, 0) is 13.6 Å². The number of aromatic nitrogens is 3. The summed E-state index contributed by atoms with van der Waals surface area (Å²) in [6, 6.07) is 4.34. The monoisotopic (exact) mass is 230 g/mol. The minimum atomic E-state index is 0.295. The zero-order chi connectivity index (χ0) is 12.3. The van der Waals surface area contributed by atoms with Gasteiger partial charge in [0.25, 0.3) is 0 Å². The van der Waals surface area contributed by atoms with E-state index in [-0.39, 0.29) is 0 Å². The molecule has 0 spiro atoms. The van der Waals surface area contributed by atoms with Crippen molar-refractivity contribution in [3.8, 4) is 0 Å². The van der Waals surface area contributed by atoms with Crippen LogP contribution >= 0.6 is 0 Å². The van der Waals surface area contributed by atoms with Gasteiger partial charge in [0.1, 0.15) is 0 Å². The average Bonchev–Trinajstić information content (AvgIpc) is 2.68. The first-order valence-corrected chi connectivity index (χ1v) is 5.79. The van der Waals surface area contributed by atoms with Crippen molar-refractivity contribution in [2.24, 2.45) is 7.05 Å². The second-order valence-electron chi connectivity index (χ2n) is 4.27. The summed E-state index contributed by atoms with van der Waals surface area (Å²) >= 11 is 0. The van der Waals surface area contributed by atoms with Gasteiger partial charge >= 0.3 is 0 Å². The van der Waals surface area contributed by atoms with Crippen LogP contribution in [0.3, 0.4) is 0 Å². The van der Waals surface area contributed by atoms with E-state index in [1.165, 1.54) is 16.8 Å². The summed E-state index contributed by atoms with van der Waals surface area (Å²) in [7, 11) is 1.96. The van der Waals surface area contributed by atoms with Gasteiger partial charge in [0.2, 0.25) is 0 Å². The van der Waals surface area contributed by atoms with Gasteiger partial charge < -0.3 is 5.32 Å². The summed E-state index contributed by atoms with van der Waals surface area (Å²) in [4.78, 5) is 4.13. The van der Waals surface area contributed by atoms with Gasteiger partial charge in [-0.1, -0.05) is 6.07 Å². The highest BCUT2D eigenvalue weighted by molar-refractivity contribution is 5.17. The highest BCUT2D eigenvalue weighted by Crippen LogP contribution is 2.12. The average molecular weight is 230 g/mol. The number of nitrogens with zero attached hydrogens (tertiary/aromatic N) is 3. The van der Waals surface area contributed by atoms with Crippen LogP contribution in [0.1, 0.15) is 29.8 Å². The molecule has 2 rings (SSSR count). The number of pyridine rings is 1. The molecule has 0 unspecified atom stereocenters. The minimum absolute atomic E-state index is 0.295. The molecule has 17 heavy (non-hydrogen) atoms. The fraction of sp³-hybridized carbons (Fsp3) is 0.385. The Labute approximate surface area is 102 Å². The van der Waals surface area contributed by atoms with Gasteiger partial charge in [-0.25, -0.2) is 0 Å². The van der Waals surface area contributed by atoms with E-state index in [4.69, 9.17) is 0 Å². The SMILES string of the molecule is Cc1c(CN[C@H](C)c2cccnc2)cnn1C. The molecule has 90 valence electrons. The smallest absolute Gasteiger partial charge is 0.0537 e. The van der Waals surface area contributed by atoms with Crippen molar-refractivity contribution in [2.75, 3.05) is 0 Å². The molecular weight excluding hydrogens is 212 g/mol. The van der Waals surface area contributed by atoms with E-state index in [1.807, 2.05) is 30.2 Å². The third-order valence-corrected chi connectivity index (χ3v) is 3.12. The van der Waals surface area contributed by atoms with E-state index in [9.17, 15) is 0 Å². The van der Waals surface area contributed by atoms with Crippen molar-refractivity contribution in [2.45, 2.75) is 26.4 Å². The first-order chi connectivity index (χ1) is 8.18. The number of hydrogen-bond donors (Lipinski definition) is 1. The zero-order valence-electron chi connectivity index (χ0n) is 10.5. The molecule has 1 atom stereocenters. The molecule has 0 fully saturated rings. The quantitative estimate of drug-likeness (QED) is 0.873. The maximum absolute atomic E-state index is 4.23. The topological polar surface area (TPSA) is 42.7 Å². The molecule has 0 amide bonds. The van der Waals surface area contributed by atoms with E-state index < -0.39 is 0 Å². The highest BCUT2D eigenvalue weighted by Gasteiger charge is 2.07. The van der Waals surface area contributed by atoms with Gasteiger partial charge in [0, 0.05) is 43.3 Å².